The number of hydrogen-bond donors (Lipinski definition) is 2. The molecule has 8 nitrogen and oxygen atoms in total. The second-order valence-electron chi connectivity index (χ2n) is 7.84. The van der Waals surface area contributed by atoms with Crippen LogP contribution in [-0.4, -0.2) is 52.3 Å². The van der Waals surface area contributed by atoms with Gasteiger partial charge in [0.2, 0.25) is 0 Å². The van der Waals surface area contributed by atoms with Crippen LogP contribution in [0.3, 0.4) is 0 Å². The van der Waals surface area contributed by atoms with Gasteiger partial charge in [-0.15, -0.1) is 0 Å². The van der Waals surface area contributed by atoms with E-state index in [0.717, 1.165) is 6.07 Å². The van der Waals surface area contributed by atoms with Gasteiger partial charge in [-0.05, 0) is 12.1 Å². The Kier molecular flexibility index (Phi) is 3.98. The number of aromatic nitrogens is 2. The third-order valence-corrected chi connectivity index (χ3v) is 6.11. The zero-order chi connectivity index (χ0) is 22.1. The highest BCUT2D eigenvalue weighted by atomic mass is 19.1. The molecule has 10 heteroatoms. The third kappa shape index (κ3) is 2.54. The number of benzene rings is 1. The van der Waals surface area contributed by atoms with Gasteiger partial charge in [0.15, 0.2) is 17.2 Å². The molecular weight excluding hydrogens is 408 g/mol. The van der Waals surface area contributed by atoms with Crippen LogP contribution < -0.4 is 10.5 Å². The van der Waals surface area contributed by atoms with Crippen molar-refractivity contribution in [2.24, 2.45) is 0 Å². The smallest absolute Gasteiger partial charge is 0.256 e. The number of pyridine rings is 1. The maximum absolute atomic E-state index is 14.2. The molecule has 1 aromatic carbocycles. The van der Waals surface area contributed by atoms with Crippen molar-refractivity contribution in [2.45, 2.75) is 18.5 Å². The van der Waals surface area contributed by atoms with Crippen LogP contribution in [0.25, 0.3) is 11.0 Å². The van der Waals surface area contributed by atoms with E-state index in [4.69, 9.17) is 10.5 Å². The van der Waals surface area contributed by atoms with Crippen LogP contribution in [-0.2, 0) is 16.9 Å². The molecule has 2 aliphatic heterocycles. The molecule has 5 rings (SSSR count). The number of likely N-dealkylation sites (tertiary alicyclic amines) is 1. The van der Waals surface area contributed by atoms with Gasteiger partial charge >= 0.3 is 0 Å². The van der Waals surface area contributed by atoms with E-state index in [1.54, 1.807) is 18.0 Å². The summed E-state index contributed by atoms with van der Waals surface area (Å²) in [5.41, 5.74) is 6.10. The van der Waals surface area contributed by atoms with E-state index in [9.17, 15) is 18.4 Å². The summed E-state index contributed by atoms with van der Waals surface area (Å²) in [6, 6.07) is 5.19. The monoisotopic (exact) mass is 427 g/mol. The van der Waals surface area contributed by atoms with Gasteiger partial charge in [0.1, 0.15) is 11.6 Å². The van der Waals surface area contributed by atoms with E-state index in [1.807, 2.05) is 0 Å². The number of hydrogen-bond acceptors (Lipinski definition) is 5. The number of nitrogens with zero attached hydrogens (tertiary/aromatic N) is 3. The number of nitrogens with one attached hydrogen (secondary N) is 1. The first-order valence-corrected chi connectivity index (χ1v) is 9.65. The maximum Gasteiger partial charge on any atom is 0.256 e. The van der Waals surface area contributed by atoms with Gasteiger partial charge in [-0.2, -0.15) is 0 Å². The van der Waals surface area contributed by atoms with Crippen LogP contribution in [0, 0.1) is 11.6 Å². The second-order valence-corrected chi connectivity index (χ2v) is 7.84. The van der Waals surface area contributed by atoms with E-state index in [1.165, 1.54) is 24.1 Å². The average molecular weight is 427 g/mol. The first kappa shape index (κ1) is 19.3. The Balaban J connectivity index is 1.66. The molecule has 2 aliphatic rings. The molecule has 3 N–H and O–H groups in total. The lowest BCUT2D eigenvalue weighted by molar-refractivity contribution is -0.136. The van der Waals surface area contributed by atoms with Crippen molar-refractivity contribution in [1.82, 2.24) is 19.8 Å². The molecule has 0 aliphatic carbocycles. The van der Waals surface area contributed by atoms with Crippen molar-refractivity contribution in [1.29, 1.82) is 0 Å². The lowest BCUT2D eigenvalue weighted by atomic mass is 9.87. The second kappa shape index (κ2) is 6.40. The predicted octanol–water partition coefficient (Wildman–Crippen LogP) is 2.15. The Morgan fingerprint density at radius 1 is 1.26 bits per heavy atom. The number of carbonyl (C=O) groups is 2. The molecule has 3 aromatic rings. The van der Waals surface area contributed by atoms with Gasteiger partial charge in [0.25, 0.3) is 11.8 Å². The Bertz CT molecular complexity index is 1230. The number of anilines is 1. The van der Waals surface area contributed by atoms with Gasteiger partial charge < -0.3 is 25.3 Å². The first-order chi connectivity index (χ1) is 14.8. The highest BCUT2D eigenvalue weighted by Gasteiger charge is 2.60. The summed E-state index contributed by atoms with van der Waals surface area (Å²) < 4.78 is 33.3. The number of methoxy groups -OCH3 is 1. The number of H-pyrrole nitrogens is 1. The molecular formula is C21H19F2N5O3. The van der Waals surface area contributed by atoms with Gasteiger partial charge in [-0.25, -0.2) is 13.8 Å². The highest BCUT2D eigenvalue weighted by Crippen LogP contribution is 2.50. The SMILES string of the molecule is COc1cc(F)cc2c1C1(CCN(C)C1=O)N(Cc1cc3nc(N)c(F)cc3[nH]1)C2=O. The molecule has 1 spiro atoms. The zero-order valence-corrected chi connectivity index (χ0v) is 16.8. The molecule has 0 bridgehead atoms. The maximum atomic E-state index is 14.2. The minimum absolute atomic E-state index is 0.00967. The van der Waals surface area contributed by atoms with Crippen molar-refractivity contribution in [2.75, 3.05) is 26.4 Å². The number of halogens is 2. The largest absolute Gasteiger partial charge is 0.496 e. The summed E-state index contributed by atoms with van der Waals surface area (Å²) in [6.07, 6.45) is 0.336. The van der Waals surface area contributed by atoms with Crippen molar-refractivity contribution >= 4 is 28.7 Å². The van der Waals surface area contributed by atoms with Crippen LogP contribution in [0.4, 0.5) is 14.6 Å². The first-order valence-electron chi connectivity index (χ1n) is 9.65. The van der Waals surface area contributed by atoms with Gasteiger partial charge in [0.05, 0.1) is 30.3 Å². The molecule has 1 unspecified atom stereocenters. The highest BCUT2D eigenvalue weighted by molar-refractivity contribution is 6.08. The molecule has 1 saturated heterocycles. The van der Waals surface area contributed by atoms with Crippen LogP contribution in [0.15, 0.2) is 24.3 Å². The number of rotatable bonds is 3. The van der Waals surface area contributed by atoms with Crippen molar-refractivity contribution < 1.29 is 23.1 Å². The number of ether oxygens (including phenoxy) is 1. The molecule has 31 heavy (non-hydrogen) atoms. The summed E-state index contributed by atoms with van der Waals surface area (Å²) in [5, 5.41) is 0. The number of carbonyl (C=O) groups excluding carboxylic acids is 2. The fourth-order valence-electron chi connectivity index (χ4n) is 4.69. The number of nitrogens with two attached hydrogens (primary N) is 1. The Labute approximate surface area is 175 Å². The summed E-state index contributed by atoms with van der Waals surface area (Å²) in [7, 11) is 3.04. The van der Waals surface area contributed by atoms with Crippen molar-refractivity contribution in [3.8, 4) is 5.75 Å². The average Bonchev–Trinajstić information content (AvgIpc) is 3.33. The van der Waals surface area contributed by atoms with Crippen LogP contribution in [0.5, 0.6) is 5.75 Å². The Morgan fingerprint density at radius 2 is 2.03 bits per heavy atom. The molecule has 0 saturated carbocycles. The fraction of sp³-hybridized carbons (Fsp3) is 0.286. The fourth-order valence-corrected chi connectivity index (χ4v) is 4.69. The van der Waals surface area contributed by atoms with E-state index in [2.05, 4.69) is 9.97 Å². The van der Waals surface area contributed by atoms with Gasteiger partial charge in [0, 0.05) is 43.4 Å². The van der Waals surface area contributed by atoms with Crippen molar-refractivity contribution in [3.05, 3.63) is 52.7 Å². The molecule has 2 amide bonds. The summed E-state index contributed by atoms with van der Waals surface area (Å²) in [5.74, 6) is -2.10. The number of likely N-dealkylation sites (N-methyl/N-ethyl adjacent to an activating group) is 1. The number of fused-ring (bicyclic) bond motifs is 3. The summed E-state index contributed by atoms with van der Waals surface area (Å²) in [6.45, 7) is 0.439. The Hall–Kier alpha value is -3.69. The Morgan fingerprint density at radius 3 is 2.71 bits per heavy atom. The molecule has 160 valence electrons. The standard InChI is InChI=1S/C21H19F2N5O3/c1-27-4-3-21(20(27)30)17-12(5-10(22)6-16(17)31-2)19(29)28(21)9-11-7-14-15(25-11)8-13(23)18(24)26-14/h5-8,25H,3-4,9H2,1-2H3,(H2,24,26). The normalized spacial score (nSPS) is 20.4. The van der Waals surface area contributed by atoms with E-state index in [0.29, 0.717) is 35.3 Å². The lowest BCUT2D eigenvalue weighted by Crippen LogP contribution is -2.48. The minimum atomic E-state index is -1.31. The van der Waals surface area contributed by atoms with Gasteiger partial charge in [-0.1, -0.05) is 0 Å². The molecule has 0 radical (unpaired) electrons. The number of nitrogen functional groups attached to an aromatic ring is 1. The quantitative estimate of drug-likeness (QED) is 0.667. The molecule has 1 fully saturated rings. The number of aromatic amines is 1. The van der Waals surface area contributed by atoms with Crippen LogP contribution in [0.1, 0.15) is 28.0 Å². The van der Waals surface area contributed by atoms with E-state index < -0.39 is 23.1 Å². The van der Waals surface area contributed by atoms with Crippen LogP contribution >= 0.6 is 0 Å². The predicted molar refractivity (Wildman–Crippen MR) is 107 cm³/mol. The van der Waals surface area contributed by atoms with E-state index in [-0.39, 0.29) is 29.6 Å². The summed E-state index contributed by atoms with van der Waals surface area (Å²) >= 11 is 0. The minimum Gasteiger partial charge on any atom is -0.496 e. The molecule has 4 heterocycles. The summed E-state index contributed by atoms with van der Waals surface area (Å²) in [4.78, 5) is 36.7. The third-order valence-electron chi connectivity index (χ3n) is 6.11. The number of amides is 2. The molecule has 1 atom stereocenters. The zero-order valence-electron chi connectivity index (χ0n) is 16.8. The lowest BCUT2D eigenvalue weighted by Gasteiger charge is -2.34. The van der Waals surface area contributed by atoms with Gasteiger partial charge in [-0.3, -0.25) is 9.59 Å². The van der Waals surface area contributed by atoms with Crippen molar-refractivity contribution in [3.63, 3.8) is 0 Å². The van der Waals surface area contributed by atoms with E-state index >= 15 is 0 Å². The van der Waals surface area contributed by atoms with Crippen LogP contribution in [0.2, 0.25) is 0 Å². The topological polar surface area (TPSA) is 105 Å². The molecule has 2 aromatic heterocycles.